The molecule has 1 fully saturated rings. The van der Waals surface area contributed by atoms with E-state index in [0.717, 1.165) is 38.1 Å². The van der Waals surface area contributed by atoms with E-state index < -0.39 is 12.0 Å². The Bertz CT molecular complexity index is 441. The maximum absolute atomic E-state index is 11.5. The molecule has 1 aromatic rings. The number of carbonyl (C=O) groups is 1. The number of hydrogen-bond donors (Lipinski definition) is 3. The van der Waals surface area contributed by atoms with Crippen molar-refractivity contribution in [3.63, 3.8) is 0 Å². The van der Waals surface area contributed by atoms with Crippen molar-refractivity contribution in [3.05, 3.63) is 18.2 Å². The zero-order chi connectivity index (χ0) is 15.8. The van der Waals surface area contributed by atoms with Gasteiger partial charge in [-0.15, -0.1) is 0 Å². The number of nitrogens with one attached hydrogen (secondary N) is 2. The third-order valence-electron chi connectivity index (χ3n) is 4.75. The first kappa shape index (κ1) is 17.0. The van der Waals surface area contributed by atoms with Gasteiger partial charge in [-0.25, -0.2) is 4.98 Å². The zero-order valence-corrected chi connectivity index (χ0v) is 13.3. The average molecular weight is 309 g/mol. The maximum Gasteiger partial charge on any atom is 0.321 e. The molecule has 1 aliphatic carbocycles. The highest BCUT2D eigenvalue weighted by molar-refractivity contribution is 5.73. The fourth-order valence-electron chi connectivity index (χ4n) is 3.34. The smallest absolute Gasteiger partial charge is 0.321 e. The fraction of sp³-hybridized carbons (Fsp3) is 0.750. The predicted octanol–water partition coefficient (Wildman–Crippen LogP) is 1.98. The summed E-state index contributed by atoms with van der Waals surface area (Å²) in [6.07, 6.45) is 10.7. The molecule has 1 heterocycles. The van der Waals surface area contributed by atoms with Crippen molar-refractivity contribution in [1.29, 1.82) is 0 Å². The van der Waals surface area contributed by atoms with Gasteiger partial charge in [0.05, 0.1) is 6.33 Å². The van der Waals surface area contributed by atoms with Gasteiger partial charge in [0.2, 0.25) is 0 Å². The van der Waals surface area contributed by atoms with Crippen LogP contribution in [0.4, 0.5) is 0 Å². The molecular weight excluding hydrogens is 282 g/mol. The average Bonchev–Trinajstić information content (AvgIpc) is 3.03. The molecule has 1 aromatic heterocycles. The highest BCUT2D eigenvalue weighted by Crippen LogP contribution is 2.38. The molecule has 22 heavy (non-hydrogen) atoms. The lowest BCUT2D eigenvalue weighted by molar-refractivity contribution is -0.139. The zero-order valence-electron chi connectivity index (χ0n) is 13.3. The van der Waals surface area contributed by atoms with Crippen molar-refractivity contribution in [1.82, 2.24) is 15.3 Å². The topological polar surface area (TPSA) is 87.2 Å². The molecule has 2 rings (SSSR count). The Kier molecular flexibility index (Phi) is 6.39. The Labute approximate surface area is 131 Å². The summed E-state index contributed by atoms with van der Waals surface area (Å²) in [6.45, 7) is 1.47. The van der Waals surface area contributed by atoms with Crippen LogP contribution >= 0.6 is 0 Å². The van der Waals surface area contributed by atoms with Gasteiger partial charge < -0.3 is 20.1 Å². The van der Waals surface area contributed by atoms with Gasteiger partial charge >= 0.3 is 5.97 Å². The number of carboxylic acids is 1. The van der Waals surface area contributed by atoms with Crippen molar-refractivity contribution >= 4 is 5.97 Å². The largest absolute Gasteiger partial charge is 0.480 e. The molecule has 0 aromatic carbocycles. The molecule has 0 bridgehead atoms. The number of aromatic nitrogens is 2. The molecule has 6 nitrogen and oxygen atoms in total. The van der Waals surface area contributed by atoms with Crippen LogP contribution in [-0.4, -0.2) is 47.3 Å². The van der Waals surface area contributed by atoms with E-state index in [1.807, 2.05) is 0 Å². The van der Waals surface area contributed by atoms with Crippen molar-refractivity contribution in [2.24, 2.45) is 5.41 Å². The molecule has 0 spiro atoms. The first-order valence-electron chi connectivity index (χ1n) is 8.08. The Morgan fingerprint density at radius 1 is 1.50 bits per heavy atom. The number of H-pyrrole nitrogens is 1. The van der Waals surface area contributed by atoms with E-state index in [1.54, 1.807) is 19.6 Å². The summed E-state index contributed by atoms with van der Waals surface area (Å²) in [5.74, 6) is -0.813. The lowest BCUT2D eigenvalue weighted by Gasteiger charge is -2.38. The SMILES string of the molecule is COCCC1(CNC(Cc2cnc[nH]2)C(=O)O)CCCCC1. The molecule has 0 amide bonds. The van der Waals surface area contributed by atoms with E-state index in [1.165, 1.54) is 19.3 Å². The summed E-state index contributed by atoms with van der Waals surface area (Å²) in [5.41, 5.74) is 1.02. The second-order valence-corrected chi connectivity index (χ2v) is 6.36. The number of aromatic amines is 1. The standard InChI is InChI=1S/C16H27N3O3/c1-22-8-7-16(5-3-2-4-6-16)11-18-14(15(20)21)9-13-10-17-12-19-13/h10,12,14,18H,2-9,11H2,1H3,(H,17,19)(H,20,21). The third-order valence-corrected chi connectivity index (χ3v) is 4.75. The van der Waals surface area contributed by atoms with Crippen LogP contribution in [0.1, 0.15) is 44.2 Å². The highest BCUT2D eigenvalue weighted by Gasteiger charge is 2.33. The van der Waals surface area contributed by atoms with Crippen LogP contribution < -0.4 is 5.32 Å². The fourth-order valence-corrected chi connectivity index (χ4v) is 3.34. The predicted molar refractivity (Wildman–Crippen MR) is 83.7 cm³/mol. The van der Waals surface area contributed by atoms with Gasteiger partial charge in [-0.05, 0) is 24.7 Å². The van der Waals surface area contributed by atoms with Gasteiger partial charge in [-0.2, -0.15) is 0 Å². The molecule has 124 valence electrons. The van der Waals surface area contributed by atoms with Crippen LogP contribution in [0.25, 0.3) is 0 Å². The number of nitrogens with zero attached hydrogens (tertiary/aromatic N) is 1. The molecule has 6 heteroatoms. The first-order valence-corrected chi connectivity index (χ1v) is 8.08. The lowest BCUT2D eigenvalue weighted by atomic mass is 9.71. The summed E-state index contributed by atoms with van der Waals surface area (Å²) < 4.78 is 5.25. The molecular formula is C16H27N3O3. The first-order chi connectivity index (χ1) is 10.7. The van der Waals surface area contributed by atoms with E-state index >= 15 is 0 Å². The van der Waals surface area contributed by atoms with Gasteiger partial charge in [0.25, 0.3) is 0 Å². The van der Waals surface area contributed by atoms with E-state index in [0.29, 0.717) is 6.42 Å². The normalized spacial score (nSPS) is 19.0. The highest BCUT2D eigenvalue weighted by atomic mass is 16.5. The molecule has 1 aliphatic rings. The summed E-state index contributed by atoms with van der Waals surface area (Å²) in [7, 11) is 1.72. The number of methoxy groups -OCH3 is 1. The minimum Gasteiger partial charge on any atom is -0.480 e. The van der Waals surface area contributed by atoms with Crippen molar-refractivity contribution < 1.29 is 14.6 Å². The molecule has 0 aliphatic heterocycles. The van der Waals surface area contributed by atoms with Gasteiger partial charge in [0.1, 0.15) is 6.04 Å². The number of aliphatic carboxylic acids is 1. The quantitative estimate of drug-likeness (QED) is 0.649. The Morgan fingerprint density at radius 2 is 2.27 bits per heavy atom. The Morgan fingerprint density at radius 3 is 2.86 bits per heavy atom. The van der Waals surface area contributed by atoms with Crippen LogP contribution in [0.2, 0.25) is 0 Å². The molecule has 0 radical (unpaired) electrons. The van der Waals surface area contributed by atoms with Crippen LogP contribution in [0.3, 0.4) is 0 Å². The van der Waals surface area contributed by atoms with Gasteiger partial charge in [-0.1, -0.05) is 19.3 Å². The number of hydrogen-bond acceptors (Lipinski definition) is 4. The molecule has 1 atom stereocenters. The van der Waals surface area contributed by atoms with Crippen molar-refractivity contribution in [2.45, 2.75) is 51.0 Å². The van der Waals surface area contributed by atoms with Crippen LogP contribution in [0, 0.1) is 5.41 Å². The van der Waals surface area contributed by atoms with Crippen LogP contribution in [0.15, 0.2) is 12.5 Å². The van der Waals surface area contributed by atoms with E-state index in [9.17, 15) is 9.90 Å². The van der Waals surface area contributed by atoms with Gasteiger partial charge in [-0.3, -0.25) is 4.79 Å². The maximum atomic E-state index is 11.5. The van der Waals surface area contributed by atoms with E-state index in [-0.39, 0.29) is 5.41 Å². The number of carboxylic acid groups (broad SMARTS) is 1. The van der Waals surface area contributed by atoms with Gasteiger partial charge in [0, 0.05) is 38.6 Å². The second kappa shape index (κ2) is 8.29. The summed E-state index contributed by atoms with van der Waals surface area (Å²) >= 11 is 0. The minimum absolute atomic E-state index is 0.177. The van der Waals surface area contributed by atoms with Gasteiger partial charge in [0.15, 0.2) is 0 Å². The van der Waals surface area contributed by atoms with E-state index in [2.05, 4.69) is 15.3 Å². The number of ether oxygens (including phenoxy) is 1. The second-order valence-electron chi connectivity index (χ2n) is 6.36. The number of rotatable bonds is 9. The Balaban J connectivity index is 1.94. The summed E-state index contributed by atoms with van der Waals surface area (Å²) in [5, 5.41) is 12.7. The van der Waals surface area contributed by atoms with Crippen molar-refractivity contribution in [2.75, 3.05) is 20.3 Å². The van der Waals surface area contributed by atoms with E-state index in [4.69, 9.17) is 4.74 Å². The molecule has 1 saturated carbocycles. The summed E-state index contributed by atoms with van der Waals surface area (Å²) in [4.78, 5) is 18.4. The lowest BCUT2D eigenvalue weighted by Crippen LogP contribution is -2.46. The third kappa shape index (κ3) is 4.81. The molecule has 0 saturated heterocycles. The number of imidazole rings is 1. The summed E-state index contributed by atoms with van der Waals surface area (Å²) in [6, 6.07) is -0.582. The molecule has 1 unspecified atom stereocenters. The Hall–Kier alpha value is -1.40. The van der Waals surface area contributed by atoms with Crippen molar-refractivity contribution in [3.8, 4) is 0 Å². The monoisotopic (exact) mass is 309 g/mol. The minimum atomic E-state index is -0.813. The van der Waals surface area contributed by atoms with Crippen LogP contribution in [-0.2, 0) is 16.0 Å². The van der Waals surface area contributed by atoms with Crippen LogP contribution in [0.5, 0.6) is 0 Å². The molecule has 3 N–H and O–H groups in total.